The van der Waals surface area contributed by atoms with Gasteiger partial charge in [-0.3, -0.25) is 4.79 Å². The van der Waals surface area contributed by atoms with E-state index in [0.717, 1.165) is 5.56 Å². The van der Waals surface area contributed by atoms with Crippen molar-refractivity contribution in [1.29, 1.82) is 0 Å². The molecule has 0 bridgehead atoms. The Kier molecular flexibility index (Phi) is 5.98. The zero-order valence-electron chi connectivity index (χ0n) is 12.8. The first-order valence-electron chi connectivity index (χ1n) is 7.03. The lowest BCUT2D eigenvalue weighted by atomic mass is 10.2. The first-order valence-corrected chi connectivity index (χ1v) is 7.91. The Labute approximate surface area is 138 Å². The van der Waals surface area contributed by atoms with Crippen molar-refractivity contribution in [2.75, 3.05) is 5.32 Å². The van der Waals surface area contributed by atoms with E-state index < -0.39 is 17.8 Å². The predicted molar refractivity (Wildman–Crippen MR) is 88.2 cm³/mol. The van der Waals surface area contributed by atoms with Crippen LogP contribution in [-0.4, -0.2) is 17.8 Å². The first-order chi connectivity index (χ1) is 11.0. The van der Waals surface area contributed by atoms with Crippen LogP contribution in [0.5, 0.6) is 5.75 Å². The maximum atomic E-state index is 12.5. The number of rotatable bonds is 6. The summed E-state index contributed by atoms with van der Waals surface area (Å²) < 4.78 is 30.6. The minimum atomic E-state index is -2.55. The Morgan fingerprint density at radius 3 is 2.43 bits per heavy atom. The molecule has 2 rings (SSSR count). The molecular weight excluding hydrogens is 320 g/mol. The van der Waals surface area contributed by atoms with Crippen molar-refractivity contribution in [2.24, 2.45) is 0 Å². The average Bonchev–Trinajstić information content (AvgIpc) is 2.51. The molecule has 1 N–H and O–H groups in total. The molecule has 0 heterocycles. The molecule has 0 saturated heterocycles. The van der Waals surface area contributed by atoms with E-state index in [1.165, 1.54) is 6.07 Å². The molecule has 23 heavy (non-hydrogen) atoms. The van der Waals surface area contributed by atoms with Crippen LogP contribution in [0.4, 0.5) is 14.5 Å². The van der Waals surface area contributed by atoms with E-state index in [2.05, 4.69) is 5.32 Å². The van der Waals surface area contributed by atoms with Gasteiger partial charge in [0, 0.05) is 4.90 Å². The summed E-state index contributed by atoms with van der Waals surface area (Å²) in [6.07, 6.45) is -0.748. The van der Waals surface area contributed by atoms with Crippen LogP contribution >= 0.6 is 11.8 Å². The van der Waals surface area contributed by atoms with Crippen LogP contribution < -0.4 is 10.1 Å². The van der Waals surface area contributed by atoms with Gasteiger partial charge in [-0.1, -0.05) is 41.6 Å². The van der Waals surface area contributed by atoms with E-state index >= 15 is 0 Å². The lowest BCUT2D eigenvalue weighted by Crippen LogP contribution is -2.30. The Balaban J connectivity index is 2.02. The van der Waals surface area contributed by atoms with Crippen LogP contribution in [0.1, 0.15) is 12.5 Å². The van der Waals surface area contributed by atoms with Gasteiger partial charge in [-0.15, -0.1) is 0 Å². The van der Waals surface area contributed by atoms with Gasteiger partial charge in [0.15, 0.2) is 6.10 Å². The third-order valence-electron chi connectivity index (χ3n) is 3.06. The van der Waals surface area contributed by atoms with E-state index in [-0.39, 0.29) is 0 Å². The normalized spacial score (nSPS) is 12.0. The van der Waals surface area contributed by atoms with Gasteiger partial charge in [-0.25, -0.2) is 0 Å². The van der Waals surface area contributed by atoms with E-state index in [9.17, 15) is 13.6 Å². The third kappa shape index (κ3) is 5.25. The highest BCUT2D eigenvalue weighted by Gasteiger charge is 2.17. The van der Waals surface area contributed by atoms with Gasteiger partial charge in [0.1, 0.15) is 5.75 Å². The monoisotopic (exact) mass is 337 g/mol. The summed E-state index contributed by atoms with van der Waals surface area (Å²) in [6, 6.07) is 13.8. The van der Waals surface area contributed by atoms with Crippen molar-refractivity contribution in [1.82, 2.24) is 0 Å². The van der Waals surface area contributed by atoms with Crippen LogP contribution in [0.3, 0.4) is 0 Å². The van der Waals surface area contributed by atoms with E-state index in [1.54, 1.807) is 37.3 Å². The number of aryl methyl sites for hydroxylation is 1. The number of ether oxygens (including phenoxy) is 1. The molecular formula is C17H17F2NO2S. The van der Waals surface area contributed by atoms with Gasteiger partial charge in [-0.05, 0) is 38.1 Å². The summed E-state index contributed by atoms with van der Waals surface area (Å²) in [5.41, 5.74) is 1.44. The molecule has 3 nitrogen and oxygen atoms in total. The molecule has 0 aromatic heterocycles. The van der Waals surface area contributed by atoms with Gasteiger partial charge < -0.3 is 10.1 Å². The molecule has 0 radical (unpaired) electrons. The maximum Gasteiger partial charge on any atom is 0.288 e. The standard InChI is InChI=1S/C17H17F2NO2S/c1-11-7-9-13(10-8-11)22-12(2)16(21)20-14-5-3-4-6-15(14)23-17(18)19/h3-10,12,17H,1-2H3,(H,20,21)/t12-/m1/s1. The summed E-state index contributed by atoms with van der Waals surface area (Å²) >= 11 is 0.395. The Morgan fingerprint density at radius 1 is 1.13 bits per heavy atom. The number of para-hydroxylation sites is 1. The molecule has 0 aliphatic carbocycles. The van der Waals surface area contributed by atoms with Crippen molar-refractivity contribution in [3.63, 3.8) is 0 Å². The second-order valence-electron chi connectivity index (χ2n) is 4.94. The Bertz CT molecular complexity index is 662. The average molecular weight is 337 g/mol. The summed E-state index contributed by atoms with van der Waals surface area (Å²) in [4.78, 5) is 12.5. The fourth-order valence-corrected chi connectivity index (χ4v) is 2.47. The molecule has 0 aliphatic rings. The topological polar surface area (TPSA) is 38.3 Å². The molecule has 0 spiro atoms. The molecule has 2 aromatic rings. The van der Waals surface area contributed by atoms with Gasteiger partial charge in [0.25, 0.3) is 11.7 Å². The van der Waals surface area contributed by atoms with E-state index in [0.29, 0.717) is 28.1 Å². The first kappa shape index (κ1) is 17.3. The molecule has 0 saturated carbocycles. The molecule has 6 heteroatoms. The van der Waals surface area contributed by atoms with E-state index in [1.807, 2.05) is 19.1 Å². The number of anilines is 1. The van der Waals surface area contributed by atoms with Crippen LogP contribution in [0.15, 0.2) is 53.4 Å². The number of halogens is 2. The number of amides is 1. The highest BCUT2D eigenvalue weighted by Crippen LogP contribution is 2.31. The fraction of sp³-hybridized carbons (Fsp3) is 0.235. The molecule has 1 amide bonds. The zero-order valence-corrected chi connectivity index (χ0v) is 13.6. The quantitative estimate of drug-likeness (QED) is 0.776. The number of hydrogen-bond acceptors (Lipinski definition) is 3. The third-order valence-corrected chi connectivity index (χ3v) is 3.85. The SMILES string of the molecule is Cc1ccc(O[C@H](C)C(=O)Nc2ccccc2SC(F)F)cc1. The minimum absolute atomic E-state index is 0.318. The summed E-state index contributed by atoms with van der Waals surface area (Å²) in [6.45, 7) is 3.57. The predicted octanol–water partition coefficient (Wildman–Crippen LogP) is 4.72. The van der Waals surface area contributed by atoms with Crippen LogP contribution in [0.25, 0.3) is 0 Å². The van der Waals surface area contributed by atoms with E-state index in [4.69, 9.17) is 4.74 Å². The Hall–Kier alpha value is -2.08. The minimum Gasteiger partial charge on any atom is -0.481 e. The van der Waals surface area contributed by atoms with Gasteiger partial charge in [0.2, 0.25) is 0 Å². The van der Waals surface area contributed by atoms with Crippen molar-refractivity contribution in [3.8, 4) is 5.75 Å². The summed E-state index contributed by atoms with van der Waals surface area (Å²) in [5, 5.41) is 2.63. The maximum absolute atomic E-state index is 12.5. The summed E-state index contributed by atoms with van der Waals surface area (Å²) in [5.74, 6) is -2.37. The zero-order chi connectivity index (χ0) is 16.8. The highest BCUT2D eigenvalue weighted by atomic mass is 32.2. The summed E-state index contributed by atoms with van der Waals surface area (Å²) in [7, 11) is 0. The van der Waals surface area contributed by atoms with Crippen molar-refractivity contribution in [3.05, 3.63) is 54.1 Å². The smallest absolute Gasteiger partial charge is 0.288 e. The highest BCUT2D eigenvalue weighted by molar-refractivity contribution is 7.99. The molecule has 2 aromatic carbocycles. The van der Waals surface area contributed by atoms with Crippen molar-refractivity contribution in [2.45, 2.75) is 30.6 Å². The second-order valence-corrected chi connectivity index (χ2v) is 5.97. The van der Waals surface area contributed by atoms with Crippen molar-refractivity contribution >= 4 is 23.4 Å². The lowest BCUT2D eigenvalue weighted by molar-refractivity contribution is -0.122. The molecule has 122 valence electrons. The Morgan fingerprint density at radius 2 is 1.78 bits per heavy atom. The van der Waals surface area contributed by atoms with Crippen molar-refractivity contribution < 1.29 is 18.3 Å². The number of nitrogens with one attached hydrogen (secondary N) is 1. The molecule has 0 aliphatic heterocycles. The lowest BCUT2D eigenvalue weighted by Gasteiger charge is -2.16. The number of carbonyl (C=O) groups is 1. The van der Waals surface area contributed by atoms with Crippen LogP contribution in [0.2, 0.25) is 0 Å². The fourth-order valence-electron chi connectivity index (χ4n) is 1.88. The number of benzene rings is 2. The molecule has 1 atom stereocenters. The second kappa shape index (κ2) is 7.97. The number of thioether (sulfide) groups is 1. The number of carbonyl (C=O) groups excluding carboxylic acids is 1. The van der Waals surface area contributed by atoms with Gasteiger partial charge in [-0.2, -0.15) is 8.78 Å². The largest absolute Gasteiger partial charge is 0.481 e. The van der Waals surface area contributed by atoms with Crippen LogP contribution in [-0.2, 0) is 4.79 Å². The molecule has 0 fully saturated rings. The van der Waals surface area contributed by atoms with Gasteiger partial charge in [0.05, 0.1) is 5.69 Å². The van der Waals surface area contributed by atoms with Gasteiger partial charge >= 0.3 is 0 Å². The van der Waals surface area contributed by atoms with Crippen LogP contribution in [0, 0.1) is 6.92 Å². The molecule has 0 unspecified atom stereocenters. The number of hydrogen-bond donors (Lipinski definition) is 1. The number of alkyl halides is 2.